The van der Waals surface area contributed by atoms with E-state index in [0.717, 1.165) is 11.4 Å². The Morgan fingerprint density at radius 3 is 2.68 bits per heavy atom. The van der Waals surface area contributed by atoms with Crippen molar-refractivity contribution in [2.24, 2.45) is 5.92 Å². The van der Waals surface area contributed by atoms with E-state index in [9.17, 15) is 4.79 Å². The van der Waals surface area contributed by atoms with Crippen LogP contribution < -0.4 is 5.32 Å². The summed E-state index contributed by atoms with van der Waals surface area (Å²) in [5.41, 5.74) is 1.43. The second-order valence-electron chi connectivity index (χ2n) is 5.03. The summed E-state index contributed by atoms with van der Waals surface area (Å²) in [6, 6.07) is 3.42. The molecule has 3 nitrogen and oxygen atoms in total. The van der Waals surface area contributed by atoms with Crippen LogP contribution in [0, 0.1) is 5.92 Å². The fraction of sp³-hybridized carbons (Fsp3) is 0.571. The van der Waals surface area contributed by atoms with E-state index in [1.807, 2.05) is 19.9 Å². The van der Waals surface area contributed by atoms with Gasteiger partial charge in [-0.05, 0) is 36.0 Å². The van der Waals surface area contributed by atoms with E-state index in [-0.39, 0.29) is 11.8 Å². The van der Waals surface area contributed by atoms with Gasteiger partial charge in [0.25, 0.3) is 5.91 Å². The van der Waals surface area contributed by atoms with Gasteiger partial charge in [0.1, 0.15) is 5.15 Å². The number of pyridine rings is 1. The summed E-state index contributed by atoms with van der Waals surface area (Å²) in [6.45, 7) is 6.86. The fourth-order valence-electron chi connectivity index (χ4n) is 1.66. The average molecular weight is 301 g/mol. The van der Waals surface area contributed by atoms with Gasteiger partial charge in [-0.2, -0.15) is 11.8 Å². The van der Waals surface area contributed by atoms with Crippen LogP contribution in [0.2, 0.25) is 5.15 Å². The van der Waals surface area contributed by atoms with Crippen molar-refractivity contribution in [1.82, 2.24) is 10.3 Å². The first-order valence-electron chi connectivity index (χ1n) is 6.38. The standard InChI is InChI=1S/C14H21ClN2OS/c1-9(2)12-5-11(6-13(15)17-12)14(18)16-7-10(3)8-19-4/h5-6,9-10H,7-8H2,1-4H3,(H,16,18). The lowest BCUT2D eigenvalue weighted by Crippen LogP contribution is -2.29. The molecule has 1 N–H and O–H groups in total. The zero-order valence-electron chi connectivity index (χ0n) is 11.9. The highest BCUT2D eigenvalue weighted by Crippen LogP contribution is 2.17. The van der Waals surface area contributed by atoms with Crippen molar-refractivity contribution in [3.05, 3.63) is 28.5 Å². The maximum atomic E-state index is 12.1. The number of carbonyl (C=O) groups is 1. The van der Waals surface area contributed by atoms with Crippen molar-refractivity contribution in [1.29, 1.82) is 0 Å². The molecule has 1 amide bonds. The predicted octanol–water partition coefficient (Wildman–Crippen LogP) is 3.59. The van der Waals surface area contributed by atoms with Gasteiger partial charge in [-0.15, -0.1) is 0 Å². The highest BCUT2D eigenvalue weighted by molar-refractivity contribution is 7.98. The Morgan fingerprint density at radius 2 is 2.11 bits per heavy atom. The molecule has 0 saturated heterocycles. The molecular weight excluding hydrogens is 280 g/mol. The molecule has 5 heteroatoms. The molecule has 0 fully saturated rings. The number of hydrogen-bond acceptors (Lipinski definition) is 3. The first-order valence-corrected chi connectivity index (χ1v) is 8.15. The number of aromatic nitrogens is 1. The molecule has 0 spiro atoms. The van der Waals surface area contributed by atoms with Crippen LogP contribution in [0.5, 0.6) is 0 Å². The summed E-state index contributed by atoms with van der Waals surface area (Å²) in [4.78, 5) is 16.3. The Bertz CT molecular complexity index is 437. The molecule has 0 saturated carbocycles. The number of nitrogens with one attached hydrogen (secondary N) is 1. The number of halogens is 1. The van der Waals surface area contributed by atoms with Crippen molar-refractivity contribution in [3.63, 3.8) is 0 Å². The molecule has 0 radical (unpaired) electrons. The smallest absolute Gasteiger partial charge is 0.251 e. The maximum absolute atomic E-state index is 12.1. The largest absolute Gasteiger partial charge is 0.352 e. The lowest BCUT2D eigenvalue weighted by Gasteiger charge is -2.12. The van der Waals surface area contributed by atoms with Gasteiger partial charge in [0.15, 0.2) is 0 Å². The van der Waals surface area contributed by atoms with Gasteiger partial charge < -0.3 is 5.32 Å². The SMILES string of the molecule is CSCC(C)CNC(=O)c1cc(Cl)nc(C(C)C)c1. The second kappa shape index (κ2) is 7.75. The molecule has 0 aromatic carbocycles. The third-order valence-electron chi connectivity index (χ3n) is 2.73. The Morgan fingerprint density at radius 1 is 1.42 bits per heavy atom. The van der Waals surface area contributed by atoms with E-state index in [1.165, 1.54) is 0 Å². The fourth-order valence-corrected chi connectivity index (χ4v) is 2.56. The number of amides is 1. The summed E-state index contributed by atoms with van der Waals surface area (Å²) < 4.78 is 0. The van der Waals surface area contributed by atoms with Crippen molar-refractivity contribution < 1.29 is 4.79 Å². The molecule has 106 valence electrons. The molecule has 0 aliphatic carbocycles. The predicted molar refractivity (Wildman–Crippen MR) is 83.2 cm³/mol. The molecule has 0 aliphatic rings. The first-order chi connectivity index (χ1) is 8.93. The summed E-state index contributed by atoms with van der Waals surface area (Å²) >= 11 is 7.74. The van der Waals surface area contributed by atoms with Gasteiger partial charge in [0, 0.05) is 17.8 Å². The third kappa shape index (κ3) is 5.41. The van der Waals surface area contributed by atoms with Gasteiger partial charge in [0.05, 0.1) is 0 Å². The maximum Gasteiger partial charge on any atom is 0.251 e. The van der Waals surface area contributed by atoms with E-state index in [2.05, 4.69) is 23.5 Å². The minimum atomic E-state index is -0.0841. The number of carbonyl (C=O) groups excluding carboxylic acids is 1. The Balaban J connectivity index is 2.71. The highest BCUT2D eigenvalue weighted by Gasteiger charge is 2.12. The summed E-state index contributed by atoms with van der Waals surface area (Å²) in [6.07, 6.45) is 2.07. The summed E-state index contributed by atoms with van der Waals surface area (Å²) in [5.74, 6) is 1.66. The van der Waals surface area contributed by atoms with E-state index in [0.29, 0.717) is 23.2 Å². The number of rotatable bonds is 6. The van der Waals surface area contributed by atoms with Gasteiger partial charge in [0.2, 0.25) is 0 Å². The minimum absolute atomic E-state index is 0.0841. The molecule has 1 rings (SSSR count). The quantitative estimate of drug-likeness (QED) is 0.816. The van der Waals surface area contributed by atoms with Crippen molar-refractivity contribution in [2.75, 3.05) is 18.6 Å². The molecule has 1 aromatic rings. The van der Waals surface area contributed by atoms with Crippen molar-refractivity contribution >= 4 is 29.3 Å². The van der Waals surface area contributed by atoms with Crippen LogP contribution in [0.4, 0.5) is 0 Å². The van der Waals surface area contributed by atoms with Crippen LogP contribution in [-0.2, 0) is 0 Å². The lowest BCUT2D eigenvalue weighted by atomic mass is 10.1. The molecule has 1 unspecified atom stereocenters. The monoisotopic (exact) mass is 300 g/mol. The molecule has 0 bridgehead atoms. The van der Waals surface area contributed by atoms with E-state index in [4.69, 9.17) is 11.6 Å². The van der Waals surface area contributed by atoms with E-state index in [1.54, 1.807) is 17.8 Å². The summed E-state index contributed by atoms with van der Waals surface area (Å²) in [5, 5.41) is 3.31. The van der Waals surface area contributed by atoms with Gasteiger partial charge >= 0.3 is 0 Å². The van der Waals surface area contributed by atoms with Crippen LogP contribution in [-0.4, -0.2) is 29.4 Å². The molecule has 19 heavy (non-hydrogen) atoms. The Hall–Kier alpha value is -0.740. The third-order valence-corrected chi connectivity index (χ3v) is 3.83. The van der Waals surface area contributed by atoms with Gasteiger partial charge in [-0.1, -0.05) is 32.4 Å². The first kappa shape index (κ1) is 16.3. The Kier molecular flexibility index (Phi) is 6.66. The second-order valence-corrected chi connectivity index (χ2v) is 6.33. The molecule has 1 atom stereocenters. The van der Waals surface area contributed by atoms with Crippen LogP contribution >= 0.6 is 23.4 Å². The van der Waals surface area contributed by atoms with Crippen LogP contribution in [0.1, 0.15) is 42.7 Å². The lowest BCUT2D eigenvalue weighted by molar-refractivity contribution is 0.0949. The Labute approximate surface area is 124 Å². The zero-order valence-corrected chi connectivity index (χ0v) is 13.4. The molecular formula is C14H21ClN2OS. The van der Waals surface area contributed by atoms with Gasteiger partial charge in [-0.3, -0.25) is 4.79 Å². The average Bonchev–Trinajstić information content (AvgIpc) is 2.35. The van der Waals surface area contributed by atoms with E-state index >= 15 is 0 Å². The van der Waals surface area contributed by atoms with Crippen molar-refractivity contribution in [3.8, 4) is 0 Å². The normalized spacial score (nSPS) is 12.5. The molecule has 1 aromatic heterocycles. The number of thioether (sulfide) groups is 1. The van der Waals surface area contributed by atoms with E-state index < -0.39 is 0 Å². The topological polar surface area (TPSA) is 42.0 Å². The summed E-state index contributed by atoms with van der Waals surface area (Å²) in [7, 11) is 0. The van der Waals surface area contributed by atoms with Crippen LogP contribution in [0.3, 0.4) is 0 Å². The number of nitrogens with zero attached hydrogens (tertiary/aromatic N) is 1. The van der Waals surface area contributed by atoms with Gasteiger partial charge in [-0.25, -0.2) is 4.98 Å². The molecule has 1 heterocycles. The van der Waals surface area contributed by atoms with Crippen LogP contribution in [0.15, 0.2) is 12.1 Å². The minimum Gasteiger partial charge on any atom is -0.352 e. The van der Waals surface area contributed by atoms with Crippen molar-refractivity contribution in [2.45, 2.75) is 26.7 Å². The molecule has 0 aliphatic heterocycles. The van der Waals surface area contributed by atoms with Crippen LogP contribution in [0.25, 0.3) is 0 Å². The number of hydrogen-bond donors (Lipinski definition) is 1. The highest BCUT2D eigenvalue weighted by atomic mass is 35.5. The zero-order chi connectivity index (χ0) is 14.4.